The molecule has 0 spiro atoms. The van der Waals surface area contributed by atoms with Crippen molar-refractivity contribution in [2.75, 3.05) is 5.73 Å². The van der Waals surface area contributed by atoms with Crippen LogP contribution in [0.2, 0.25) is 0 Å². The van der Waals surface area contributed by atoms with Crippen LogP contribution in [0.25, 0.3) is 22.6 Å². The standard InChI is InChI=1S/C17H13FN4O2/c1-8-21-22-17(24-8)12-5-4-10(13-7-20-16(23)15(12)13)11-3-2-9(19)6-14(11)18/h2-6H,7,19H2,1H3,(H,20,23). The monoisotopic (exact) mass is 324 g/mol. The van der Waals surface area contributed by atoms with Gasteiger partial charge in [-0.15, -0.1) is 10.2 Å². The van der Waals surface area contributed by atoms with Gasteiger partial charge in [0.15, 0.2) is 0 Å². The van der Waals surface area contributed by atoms with E-state index in [0.717, 1.165) is 0 Å². The molecule has 0 atom stereocenters. The number of rotatable bonds is 2. The number of benzene rings is 2. The fourth-order valence-corrected chi connectivity index (χ4v) is 2.93. The summed E-state index contributed by atoms with van der Waals surface area (Å²) in [5.74, 6) is 0.00225. The van der Waals surface area contributed by atoms with E-state index in [0.29, 0.717) is 45.9 Å². The average molecular weight is 324 g/mol. The molecule has 24 heavy (non-hydrogen) atoms. The van der Waals surface area contributed by atoms with Crippen LogP contribution in [0, 0.1) is 12.7 Å². The quantitative estimate of drug-likeness (QED) is 0.707. The number of nitrogens with two attached hydrogens (primary N) is 1. The van der Waals surface area contributed by atoms with E-state index in [9.17, 15) is 9.18 Å². The predicted octanol–water partition coefficient (Wildman–Crippen LogP) is 2.68. The molecule has 1 aromatic heterocycles. The van der Waals surface area contributed by atoms with E-state index in [4.69, 9.17) is 10.2 Å². The minimum absolute atomic E-state index is 0.242. The number of nitrogens with one attached hydrogen (secondary N) is 1. The highest BCUT2D eigenvalue weighted by atomic mass is 19.1. The fraction of sp³-hybridized carbons (Fsp3) is 0.118. The zero-order valence-electron chi connectivity index (χ0n) is 12.8. The van der Waals surface area contributed by atoms with E-state index in [-0.39, 0.29) is 11.8 Å². The Morgan fingerprint density at radius 3 is 2.62 bits per heavy atom. The zero-order chi connectivity index (χ0) is 16.8. The third-order valence-electron chi connectivity index (χ3n) is 4.01. The summed E-state index contributed by atoms with van der Waals surface area (Å²) in [6, 6.07) is 7.95. The number of carbonyl (C=O) groups excluding carboxylic acids is 1. The first kappa shape index (κ1) is 14.4. The number of fused-ring (bicyclic) bond motifs is 1. The van der Waals surface area contributed by atoms with E-state index >= 15 is 0 Å². The molecule has 0 unspecified atom stereocenters. The number of carbonyl (C=O) groups is 1. The van der Waals surface area contributed by atoms with Gasteiger partial charge in [0.25, 0.3) is 5.91 Å². The molecule has 0 radical (unpaired) electrons. The number of nitrogen functional groups attached to an aromatic ring is 1. The second-order valence-corrected chi connectivity index (χ2v) is 5.56. The molecule has 0 fully saturated rings. The van der Waals surface area contributed by atoms with E-state index in [2.05, 4.69) is 15.5 Å². The summed E-state index contributed by atoms with van der Waals surface area (Å²) in [6.07, 6.45) is 0. The number of hydrogen-bond acceptors (Lipinski definition) is 5. The highest BCUT2D eigenvalue weighted by Gasteiger charge is 2.29. The van der Waals surface area contributed by atoms with Crippen LogP contribution < -0.4 is 11.1 Å². The lowest BCUT2D eigenvalue weighted by Gasteiger charge is -2.11. The summed E-state index contributed by atoms with van der Waals surface area (Å²) in [4.78, 5) is 12.3. The summed E-state index contributed by atoms with van der Waals surface area (Å²) < 4.78 is 19.7. The number of anilines is 1. The van der Waals surface area contributed by atoms with Crippen molar-refractivity contribution in [2.24, 2.45) is 0 Å². The number of nitrogens with zero attached hydrogens (tertiary/aromatic N) is 2. The molecule has 1 aliphatic rings. The van der Waals surface area contributed by atoms with E-state index < -0.39 is 5.82 Å². The van der Waals surface area contributed by atoms with Crippen molar-refractivity contribution in [1.29, 1.82) is 0 Å². The molecule has 0 saturated heterocycles. The summed E-state index contributed by atoms with van der Waals surface area (Å²) in [7, 11) is 0. The van der Waals surface area contributed by atoms with Gasteiger partial charge in [-0.3, -0.25) is 4.79 Å². The van der Waals surface area contributed by atoms with Crippen molar-refractivity contribution in [2.45, 2.75) is 13.5 Å². The van der Waals surface area contributed by atoms with Gasteiger partial charge in [0, 0.05) is 24.7 Å². The van der Waals surface area contributed by atoms with Gasteiger partial charge < -0.3 is 15.5 Å². The molecule has 0 bridgehead atoms. The van der Waals surface area contributed by atoms with Crippen LogP contribution in [0.3, 0.4) is 0 Å². The number of aromatic nitrogens is 2. The highest BCUT2D eigenvalue weighted by molar-refractivity contribution is 6.05. The molecule has 2 aromatic carbocycles. The van der Waals surface area contributed by atoms with Gasteiger partial charge in [0.1, 0.15) is 5.82 Å². The molecule has 1 aliphatic heterocycles. The molecular weight excluding hydrogens is 311 g/mol. The molecule has 0 saturated carbocycles. The van der Waals surface area contributed by atoms with Crippen molar-refractivity contribution >= 4 is 11.6 Å². The minimum Gasteiger partial charge on any atom is -0.421 e. The maximum Gasteiger partial charge on any atom is 0.252 e. The van der Waals surface area contributed by atoms with E-state index in [1.54, 1.807) is 31.2 Å². The van der Waals surface area contributed by atoms with Crippen molar-refractivity contribution in [1.82, 2.24) is 15.5 Å². The Labute approximate surface area is 136 Å². The molecule has 120 valence electrons. The Hall–Kier alpha value is -3.22. The Balaban J connectivity index is 1.94. The lowest BCUT2D eigenvalue weighted by Crippen LogP contribution is -2.13. The SMILES string of the molecule is Cc1nnc(-c2ccc(-c3ccc(N)cc3F)c3c2C(=O)NC3)o1. The lowest BCUT2D eigenvalue weighted by molar-refractivity contribution is 0.0966. The lowest BCUT2D eigenvalue weighted by atomic mass is 9.93. The summed E-state index contributed by atoms with van der Waals surface area (Å²) in [6.45, 7) is 1.99. The minimum atomic E-state index is -0.432. The topological polar surface area (TPSA) is 94.0 Å². The van der Waals surface area contributed by atoms with Crippen LogP contribution in [-0.4, -0.2) is 16.1 Å². The molecule has 6 nitrogen and oxygen atoms in total. The van der Waals surface area contributed by atoms with Gasteiger partial charge in [-0.25, -0.2) is 4.39 Å². The number of halogens is 1. The number of amides is 1. The molecule has 3 N–H and O–H groups in total. The van der Waals surface area contributed by atoms with Crippen LogP contribution in [0.1, 0.15) is 21.8 Å². The molecule has 7 heteroatoms. The first-order chi connectivity index (χ1) is 11.5. The Morgan fingerprint density at radius 1 is 1.17 bits per heavy atom. The molecular formula is C17H13FN4O2. The van der Waals surface area contributed by atoms with Crippen LogP contribution in [-0.2, 0) is 6.54 Å². The maximum absolute atomic E-state index is 14.3. The Morgan fingerprint density at radius 2 is 1.92 bits per heavy atom. The van der Waals surface area contributed by atoms with Crippen molar-refractivity contribution < 1.29 is 13.6 Å². The van der Waals surface area contributed by atoms with Gasteiger partial charge >= 0.3 is 0 Å². The smallest absolute Gasteiger partial charge is 0.252 e. The Kier molecular flexibility index (Phi) is 3.09. The predicted molar refractivity (Wildman–Crippen MR) is 85.4 cm³/mol. The first-order valence-electron chi connectivity index (χ1n) is 7.34. The number of hydrogen-bond donors (Lipinski definition) is 2. The van der Waals surface area contributed by atoms with E-state index in [1.807, 2.05) is 0 Å². The maximum atomic E-state index is 14.3. The fourth-order valence-electron chi connectivity index (χ4n) is 2.93. The van der Waals surface area contributed by atoms with Gasteiger partial charge in [-0.2, -0.15) is 0 Å². The molecule has 4 rings (SSSR count). The first-order valence-corrected chi connectivity index (χ1v) is 7.34. The van der Waals surface area contributed by atoms with Crippen molar-refractivity contribution in [3.05, 3.63) is 53.2 Å². The van der Waals surface area contributed by atoms with Gasteiger partial charge in [-0.05, 0) is 35.4 Å². The largest absolute Gasteiger partial charge is 0.421 e. The highest BCUT2D eigenvalue weighted by Crippen LogP contribution is 2.36. The van der Waals surface area contributed by atoms with Crippen LogP contribution in [0.4, 0.5) is 10.1 Å². The van der Waals surface area contributed by atoms with Gasteiger partial charge in [-0.1, -0.05) is 6.07 Å². The second-order valence-electron chi connectivity index (χ2n) is 5.56. The summed E-state index contributed by atoms with van der Waals surface area (Å²) in [5, 5.41) is 10.5. The third-order valence-corrected chi connectivity index (χ3v) is 4.01. The molecule has 3 aromatic rings. The van der Waals surface area contributed by atoms with Gasteiger partial charge in [0.2, 0.25) is 11.8 Å². The molecule has 0 aliphatic carbocycles. The molecule has 2 heterocycles. The van der Waals surface area contributed by atoms with Crippen molar-refractivity contribution in [3.8, 4) is 22.6 Å². The third kappa shape index (κ3) is 2.13. The van der Waals surface area contributed by atoms with E-state index in [1.165, 1.54) is 6.07 Å². The summed E-state index contributed by atoms with van der Waals surface area (Å²) >= 11 is 0. The molecule has 1 amide bonds. The van der Waals surface area contributed by atoms with Gasteiger partial charge in [0.05, 0.1) is 11.1 Å². The number of aryl methyl sites for hydroxylation is 1. The van der Waals surface area contributed by atoms with Crippen LogP contribution in [0.15, 0.2) is 34.7 Å². The second kappa shape index (κ2) is 5.16. The Bertz CT molecular complexity index is 981. The zero-order valence-corrected chi connectivity index (χ0v) is 12.8. The average Bonchev–Trinajstić information content (AvgIpc) is 3.14. The van der Waals surface area contributed by atoms with Crippen molar-refractivity contribution in [3.63, 3.8) is 0 Å². The normalized spacial score (nSPS) is 13.0. The van der Waals surface area contributed by atoms with Crippen LogP contribution >= 0.6 is 0 Å². The summed E-state index contributed by atoms with van der Waals surface area (Å²) in [5.41, 5.74) is 8.67. The van der Waals surface area contributed by atoms with Crippen LogP contribution in [0.5, 0.6) is 0 Å².